The van der Waals surface area contributed by atoms with Crippen molar-refractivity contribution in [3.05, 3.63) is 64.1 Å². The molecule has 1 heterocycles. The minimum atomic E-state index is -1.10. The van der Waals surface area contributed by atoms with Gasteiger partial charge in [0.15, 0.2) is 5.54 Å². The highest BCUT2D eigenvalue weighted by Gasteiger charge is 2.50. The van der Waals surface area contributed by atoms with E-state index in [1.54, 1.807) is 0 Å². The summed E-state index contributed by atoms with van der Waals surface area (Å²) in [5, 5.41) is 22.0. The fraction of sp³-hybridized carbons (Fsp3) is 0.481. The van der Waals surface area contributed by atoms with Crippen LogP contribution in [0.4, 0.5) is 0 Å². The van der Waals surface area contributed by atoms with Crippen LogP contribution in [-0.2, 0) is 16.0 Å². The highest BCUT2D eigenvalue weighted by molar-refractivity contribution is 9.10. The average Bonchev–Trinajstić information content (AvgIpc) is 3.19. The van der Waals surface area contributed by atoms with Crippen LogP contribution in [0, 0.1) is 0 Å². The van der Waals surface area contributed by atoms with Gasteiger partial charge in [-0.2, -0.15) is 0 Å². The molecular weight excluding hydrogens is 512 g/mol. The summed E-state index contributed by atoms with van der Waals surface area (Å²) in [7, 11) is 0. The van der Waals surface area contributed by atoms with Gasteiger partial charge in [0.25, 0.3) is 5.91 Å². The summed E-state index contributed by atoms with van der Waals surface area (Å²) < 4.78 is 12.8. The molecule has 2 aromatic carbocycles. The van der Waals surface area contributed by atoms with Gasteiger partial charge < -0.3 is 25.0 Å². The quantitative estimate of drug-likeness (QED) is 0.417. The van der Waals surface area contributed by atoms with E-state index in [0.717, 1.165) is 28.4 Å². The summed E-state index contributed by atoms with van der Waals surface area (Å²) in [6.07, 6.45) is 3.13. The lowest BCUT2D eigenvalue weighted by atomic mass is 9.85. The molecule has 0 saturated heterocycles. The lowest BCUT2D eigenvalue weighted by Crippen LogP contribution is -2.55. The number of aliphatic imine (C=N–C) groups is 1. The zero-order valence-corrected chi connectivity index (χ0v) is 21.5. The van der Waals surface area contributed by atoms with E-state index in [1.165, 1.54) is 0 Å². The maximum Gasteiger partial charge on any atom is 0.252 e. The first kappa shape index (κ1) is 25.7. The molecule has 0 bridgehead atoms. The molecule has 3 N–H and O–H groups in total. The molecule has 8 heteroatoms. The van der Waals surface area contributed by atoms with Crippen LogP contribution in [0.5, 0.6) is 5.75 Å². The van der Waals surface area contributed by atoms with Gasteiger partial charge in [-0.3, -0.25) is 4.79 Å². The fourth-order valence-electron chi connectivity index (χ4n) is 4.59. The van der Waals surface area contributed by atoms with Gasteiger partial charge >= 0.3 is 0 Å². The van der Waals surface area contributed by atoms with Crippen molar-refractivity contribution in [1.29, 1.82) is 0 Å². The summed E-state index contributed by atoms with van der Waals surface area (Å²) >= 11 is 3.47. The van der Waals surface area contributed by atoms with Gasteiger partial charge in [-0.15, -0.1) is 0 Å². The van der Waals surface area contributed by atoms with Crippen LogP contribution in [-0.4, -0.2) is 59.0 Å². The second kappa shape index (κ2) is 11.5. The summed E-state index contributed by atoms with van der Waals surface area (Å²) in [5.41, 5.74) is 0.670. The minimum Gasteiger partial charge on any atom is -0.494 e. The van der Waals surface area contributed by atoms with Crippen LogP contribution in [0.25, 0.3) is 0 Å². The highest BCUT2D eigenvalue weighted by atomic mass is 79.9. The molecule has 1 saturated carbocycles. The molecule has 1 aliphatic heterocycles. The number of nitrogens with one attached hydrogen (secondary N) is 1. The maximum absolute atomic E-state index is 13.8. The Labute approximate surface area is 214 Å². The van der Waals surface area contributed by atoms with Crippen molar-refractivity contribution in [2.24, 2.45) is 4.99 Å². The van der Waals surface area contributed by atoms with Gasteiger partial charge in [-0.1, -0.05) is 28.1 Å². The van der Waals surface area contributed by atoms with E-state index in [0.29, 0.717) is 43.9 Å². The van der Waals surface area contributed by atoms with E-state index < -0.39 is 11.6 Å². The monoisotopic (exact) mass is 544 g/mol. The Hall–Kier alpha value is -2.42. The van der Waals surface area contributed by atoms with Crippen molar-refractivity contribution in [1.82, 2.24) is 5.32 Å². The SMILES string of the molecule is C[C@H]1OC(c2ccc(OCCCO)cc2)=N[C@@]1(Cc1ccc(Br)cc1)C(=O)NC1CCC(O)CC1. The van der Waals surface area contributed by atoms with Crippen LogP contribution < -0.4 is 10.1 Å². The topological polar surface area (TPSA) is 100 Å². The van der Waals surface area contributed by atoms with E-state index in [4.69, 9.17) is 19.6 Å². The van der Waals surface area contributed by atoms with Gasteiger partial charge in [0.2, 0.25) is 5.90 Å². The second-order valence-electron chi connectivity index (χ2n) is 9.33. The molecule has 35 heavy (non-hydrogen) atoms. The lowest BCUT2D eigenvalue weighted by molar-refractivity contribution is -0.129. The molecule has 0 spiro atoms. The van der Waals surface area contributed by atoms with Gasteiger partial charge in [0.05, 0.1) is 12.7 Å². The van der Waals surface area contributed by atoms with E-state index in [-0.39, 0.29) is 24.7 Å². The predicted octanol–water partition coefficient (Wildman–Crippen LogP) is 3.78. The molecule has 2 atom stereocenters. The number of aliphatic hydroxyl groups excluding tert-OH is 2. The Morgan fingerprint density at radius 1 is 1.14 bits per heavy atom. The first-order valence-corrected chi connectivity index (χ1v) is 13.0. The standard InChI is InChI=1S/C27H33BrN2O5/c1-18-27(17-19-3-7-21(28)8-4-19,26(33)29-22-9-11-23(32)12-10-22)30-25(35-18)20-5-13-24(14-6-20)34-16-2-15-31/h3-8,13-14,18,22-23,31-32H,2,9-12,15-17H2,1H3,(H,29,33)/t18-,22?,23?,27-/m1/s1. The van der Waals surface area contributed by atoms with Crippen molar-refractivity contribution in [3.63, 3.8) is 0 Å². The molecule has 7 nitrogen and oxygen atoms in total. The van der Waals surface area contributed by atoms with E-state index in [9.17, 15) is 9.90 Å². The van der Waals surface area contributed by atoms with Crippen molar-refractivity contribution < 1.29 is 24.5 Å². The first-order valence-electron chi connectivity index (χ1n) is 12.2. The van der Waals surface area contributed by atoms with Gasteiger partial charge in [-0.25, -0.2) is 4.99 Å². The largest absolute Gasteiger partial charge is 0.494 e. The molecule has 0 unspecified atom stereocenters. The molecular formula is C27H33BrN2O5. The van der Waals surface area contributed by atoms with Crippen molar-refractivity contribution in [3.8, 4) is 5.75 Å². The Morgan fingerprint density at radius 2 is 1.83 bits per heavy atom. The Morgan fingerprint density at radius 3 is 2.49 bits per heavy atom. The smallest absolute Gasteiger partial charge is 0.252 e. The number of ether oxygens (including phenoxy) is 2. The van der Waals surface area contributed by atoms with Crippen molar-refractivity contribution in [2.45, 2.75) is 69.2 Å². The molecule has 188 valence electrons. The molecule has 0 radical (unpaired) electrons. The molecule has 2 aromatic rings. The third-order valence-corrected chi connectivity index (χ3v) is 7.28. The molecule has 0 aromatic heterocycles. The lowest BCUT2D eigenvalue weighted by Gasteiger charge is -2.32. The number of carbonyl (C=O) groups is 1. The number of hydrogen-bond acceptors (Lipinski definition) is 6. The number of halogens is 1. The number of hydrogen-bond donors (Lipinski definition) is 3. The number of amides is 1. The Balaban J connectivity index is 1.59. The van der Waals surface area contributed by atoms with Crippen molar-refractivity contribution >= 4 is 27.7 Å². The van der Waals surface area contributed by atoms with Crippen molar-refractivity contribution in [2.75, 3.05) is 13.2 Å². The summed E-state index contributed by atoms with van der Waals surface area (Å²) in [6, 6.07) is 15.4. The maximum atomic E-state index is 13.8. The zero-order chi connectivity index (χ0) is 24.8. The Bertz CT molecular complexity index is 1020. The third kappa shape index (κ3) is 6.23. The van der Waals surface area contributed by atoms with E-state index in [2.05, 4.69) is 21.2 Å². The summed E-state index contributed by atoms with van der Waals surface area (Å²) in [5.74, 6) is 0.992. The average molecular weight is 545 g/mol. The van der Waals surface area contributed by atoms with Gasteiger partial charge in [0, 0.05) is 35.5 Å². The molecule has 4 rings (SSSR count). The molecule has 1 aliphatic carbocycles. The van der Waals surface area contributed by atoms with Crippen LogP contribution in [0.2, 0.25) is 0 Å². The summed E-state index contributed by atoms with van der Waals surface area (Å²) in [6.45, 7) is 2.43. The van der Waals surface area contributed by atoms with E-state index >= 15 is 0 Å². The van der Waals surface area contributed by atoms with Gasteiger partial charge in [-0.05, 0) is 74.6 Å². The predicted molar refractivity (Wildman–Crippen MR) is 138 cm³/mol. The van der Waals surface area contributed by atoms with Crippen LogP contribution >= 0.6 is 15.9 Å². The molecule has 2 aliphatic rings. The number of nitrogens with zero attached hydrogens (tertiary/aromatic N) is 1. The number of rotatable bonds is 9. The fourth-order valence-corrected chi connectivity index (χ4v) is 4.85. The minimum absolute atomic E-state index is 0.0227. The highest BCUT2D eigenvalue weighted by Crippen LogP contribution is 2.34. The van der Waals surface area contributed by atoms with Crippen LogP contribution in [0.1, 0.15) is 50.2 Å². The zero-order valence-electron chi connectivity index (χ0n) is 20.0. The summed E-state index contributed by atoms with van der Waals surface area (Å²) in [4.78, 5) is 18.7. The molecule has 1 fully saturated rings. The Kier molecular flexibility index (Phi) is 8.46. The number of carbonyl (C=O) groups excluding carboxylic acids is 1. The number of aliphatic hydroxyl groups is 2. The molecule has 1 amide bonds. The normalized spacial score (nSPS) is 26.1. The second-order valence-corrected chi connectivity index (χ2v) is 10.2. The third-order valence-electron chi connectivity index (χ3n) is 6.75. The van der Waals surface area contributed by atoms with Crippen LogP contribution in [0.15, 0.2) is 58.0 Å². The van der Waals surface area contributed by atoms with E-state index in [1.807, 2.05) is 55.5 Å². The first-order chi connectivity index (χ1) is 16.9. The van der Waals surface area contributed by atoms with Crippen LogP contribution in [0.3, 0.4) is 0 Å². The number of benzene rings is 2. The van der Waals surface area contributed by atoms with Gasteiger partial charge in [0.1, 0.15) is 11.9 Å².